The van der Waals surface area contributed by atoms with Crippen LogP contribution in [0.1, 0.15) is 58.8 Å². The molecule has 0 bridgehead atoms. The molecule has 1 rings (SSSR count). The van der Waals surface area contributed by atoms with Gasteiger partial charge >= 0.3 is 0 Å². The van der Waals surface area contributed by atoms with Gasteiger partial charge < -0.3 is 14.6 Å². The van der Waals surface area contributed by atoms with Crippen LogP contribution in [0.25, 0.3) is 0 Å². The Hall–Kier alpha value is -0.950. The maximum Gasteiger partial charge on any atom is 0.184 e. The zero-order valence-corrected chi connectivity index (χ0v) is 17.3. The lowest BCUT2D eigenvalue weighted by Gasteiger charge is -2.34. The van der Waals surface area contributed by atoms with Crippen LogP contribution in [0.2, 0.25) is 0 Å². The second-order valence-electron chi connectivity index (χ2n) is 7.01. The van der Waals surface area contributed by atoms with E-state index in [1.807, 2.05) is 0 Å². The second-order valence-corrected chi connectivity index (χ2v) is 9.14. The maximum absolute atomic E-state index is 13.2. The molecule has 1 aromatic carbocycles. The number of unbranched alkanes of at least 4 members (excludes halogenated alkanes) is 4. The third-order valence-electron chi connectivity index (χ3n) is 4.82. The summed E-state index contributed by atoms with van der Waals surface area (Å²) in [6.07, 6.45) is 4.92. The van der Waals surface area contributed by atoms with E-state index >= 15 is 0 Å². The standard InChI is InChI=1S/C20H34O5S/c1-5-6-7-8-12-15-18(20(2,21)16-19(24-3)25-4)26(22,23)17-13-10-9-11-14-17/h9-11,13-14,18-19,21H,5-8,12,15-16H2,1-4H3. The molecule has 2 atom stereocenters. The summed E-state index contributed by atoms with van der Waals surface area (Å²) in [7, 11) is -0.711. The Morgan fingerprint density at radius 1 is 1.04 bits per heavy atom. The summed E-state index contributed by atoms with van der Waals surface area (Å²) in [6.45, 7) is 3.71. The smallest absolute Gasteiger partial charge is 0.184 e. The molecular formula is C20H34O5S. The quantitative estimate of drug-likeness (QED) is 0.410. The van der Waals surface area contributed by atoms with Crippen molar-refractivity contribution in [1.82, 2.24) is 0 Å². The van der Waals surface area contributed by atoms with E-state index in [0.29, 0.717) is 6.42 Å². The Labute approximate surface area is 158 Å². The zero-order valence-electron chi connectivity index (χ0n) is 16.5. The van der Waals surface area contributed by atoms with Crippen molar-refractivity contribution in [3.63, 3.8) is 0 Å². The summed E-state index contributed by atoms with van der Waals surface area (Å²) in [5, 5.41) is 10.2. The lowest BCUT2D eigenvalue weighted by atomic mass is 9.93. The van der Waals surface area contributed by atoms with Crippen molar-refractivity contribution in [1.29, 1.82) is 0 Å². The van der Waals surface area contributed by atoms with Crippen LogP contribution in [0.4, 0.5) is 0 Å². The van der Waals surface area contributed by atoms with E-state index in [1.54, 1.807) is 37.3 Å². The highest BCUT2D eigenvalue weighted by Gasteiger charge is 2.43. The van der Waals surface area contributed by atoms with Crippen LogP contribution in [0.15, 0.2) is 35.2 Å². The fraction of sp³-hybridized carbons (Fsp3) is 0.700. The van der Waals surface area contributed by atoms with E-state index in [9.17, 15) is 13.5 Å². The predicted molar refractivity (Wildman–Crippen MR) is 104 cm³/mol. The molecule has 0 fully saturated rings. The maximum atomic E-state index is 13.2. The van der Waals surface area contributed by atoms with Gasteiger partial charge in [-0.3, -0.25) is 0 Å². The summed E-state index contributed by atoms with van der Waals surface area (Å²) < 4.78 is 36.8. The van der Waals surface area contributed by atoms with Crippen LogP contribution in [-0.2, 0) is 19.3 Å². The first kappa shape index (κ1) is 23.1. The Morgan fingerprint density at radius 3 is 2.15 bits per heavy atom. The Kier molecular flexibility index (Phi) is 9.79. The monoisotopic (exact) mass is 386 g/mol. The molecule has 2 unspecified atom stereocenters. The number of hydrogen-bond donors (Lipinski definition) is 1. The minimum atomic E-state index is -3.67. The van der Waals surface area contributed by atoms with Gasteiger partial charge in [-0.15, -0.1) is 0 Å². The van der Waals surface area contributed by atoms with Crippen LogP contribution in [0.5, 0.6) is 0 Å². The number of sulfone groups is 1. The van der Waals surface area contributed by atoms with E-state index in [-0.39, 0.29) is 11.3 Å². The largest absolute Gasteiger partial charge is 0.389 e. The molecule has 0 aliphatic rings. The third-order valence-corrected chi connectivity index (χ3v) is 7.24. The van der Waals surface area contributed by atoms with Gasteiger partial charge in [0.15, 0.2) is 16.1 Å². The molecule has 1 N–H and O–H groups in total. The lowest BCUT2D eigenvalue weighted by molar-refractivity contribution is -0.140. The molecule has 26 heavy (non-hydrogen) atoms. The Morgan fingerprint density at radius 2 is 1.62 bits per heavy atom. The first-order valence-electron chi connectivity index (χ1n) is 9.36. The van der Waals surface area contributed by atoms with Gasteiger partial charge in [0.1, 0.15) is 0 Å². The molecule has 0 aliphatic carbocycles. The minimum absolute atomic E-state index is 0.0890. The summed E-state index contributed by atoms with van der Waals surface area (Å²) >= 11 is 0. The number of ether oxygens (including phenoxy) is 2. The molecule has 0 aliphatic heterocycles. The van der Waals surface area contributed by atoms with Gasteiger partial charge in [0, 0.05) is 20.6 Å². The van der Waals surface area contributed by atoms with Crippen molar-refractivity contribution in [2.45, 2.75) is 80.8 Å². The van der Waals surface area contributed by atoms with Gasteiger partial charge in [-0.25, -0.2) is 8.42 Å². The molecule has 150 valence electrons. The molecule has 0 saturated heterocycles. The van der Waals surface area contributed by atoms with E-state index in [4.69, 9.17) is 9.47 Å². The van der Waals surface area contributed by atoms with E-state index in [0.717, 1.165) is 32.1 Å². The van der Waals surface area contributed by atoms with Crippen molar-refractivity contribution < 1.29 is 23.0 Å². The average Bonchev–Trinajstić information content (AvgIpc) is 2.63. The molecule has 0 amide bonds. The summed E-state index contributed by atoms with van der Waals surface area (Å²) in [5.41, 5.74) is -1.46. The van der Waals surface area contributed by atoms with Crippen molar-refractivity contribution in [3.8, 4) is 0 Å². The van der Waals surface area contributed by atoms with Crippen molar-refractivity contribution in [2.24, 2.45) is 0 Å². The van der Waals surface area contributed by atoms with Crippen molar-refractivity contribution >= 4 is 9.84 Å². The van der Waals surface area contributed by atoms with Gasteiger partial charge in [0.25, 0.3) is 0 Å². The van der Waals surface area contributed by atoms with Gasteiger partial charge in [-0.1, -0.05) is 57.2 Å². The number of hydrogen-bond acceptors (Lipinski definition) is 5. The highest BCUT2D eigenvalue weighted by Crippen LogP contribution is 2.32. The highest BCUT2D eigenvalue weighted by atomic mass is 32.2. The molecule has 0 saturated carbocycles. The molecule has 0 spiro atoms. The highest BCUT2D eigenvalue weighted by molar-refractivity contribution is 7.92. The molecule has 0 radical (unpaired) electrons. The van der Waals surface area contributed by atoms with Gasteiger partial charge in [0.2, 0.25) is 0 Å². The van der Waals surface area contributed by atoms with Crippen molar-refractivity contribution in [2.75, 3.05) is 14.2 Å². The van der Waals surface area contributed by atoms with Crippen LogP contribution in [-0.4, -0.2) is 44.9 Å². The summed E-state index contributed by atoms with van der Waals surface area (Å²) in [6, 6.07) is 8.35. The third kappa shape index (κ3) is 6.65. The molecule has 5 nitrogen and oxygen atoms in total. The lowest BCUT2D eigenvalue weighted by Crippen LogP contribution is -2.47. The van der Waals surface area contributed by atoms with Gasteiger partial charge in [-0.2, -0.15) is 0 Å². The molecule has 0 heterocycles. The molecule has 0 aromatic heterocycles. The number of rotatable bonds is 13. The Balaban J connectivity index is 3.04. The molecule has 1 aromatic rings. The van der Waals surface area contributed by atoms with Crippen LogP contribution < -0.4 is 0 Å². The first-order valence-corrected chi connectivity index (χ1v) is 10.9. The normalized spacial score (nSPS) is 15.8. The predicted octanol–water partition coefficient (Wildman–Crippen LogP) is 3.95. The van der Waals surface area contributed by atoms with Crippen LogP contribution >= 0.6 is 0 Å². The number of benzene rings is 1. The first-order chi connectivity index (χ1) is 12.3. The van der Waals surface area contributed by atoms with Gasteiger partial charge in [0.05, 0.1) is 15.7 Å². The molecular weight excluding hydrogens is 352 g/mol. The average molecular weight is 387 g/mol. The molecule has 6 heteroatoms. The topological polar surface area (TPSA) is 72.8 Å². The van der Waals surface area contributed by atoms with E-state index < -0.39 is 27.0 Å². The van der Waals surface area contributed by atoms with E-state index in [2.05, 4.69) is 6.92 Å². The second kappa shape index (κ2) is 11.0. The number of methoxy groups -OCH3 is 2. The van der Waals surface area contributed by atoms with E-state index in [1.165, 1.54) is 14.2 Å². The zero-order chi connectivity index (χ0) is 19.6. The fourth-order valence-corrected chi connectivity index (χ4v) is 5.35. The Bertz CT molecular complexity index is 594. The van der Waals surface area contributed by atoms with Gasteiger partial charge in [-0.05, 0) is 25.5 Å². The fourth-order valence-electron chi connectivity index (χ4n) is 3.24. The van der Waals surface area contributed by atoms with Crippen LogP contribution in [0.3, 0.4) is 0 Å². The summed E-state index contributed by atoms with van der Waals surface area (Å²) in [5.74, 6) is 0. The van der Waals surface area contributed by atoms with Crippen molar-refractivity contribution in [3.05, 3.63) is 30.3 Å². The van der Waals surface area contributed by atoms with Crippen LogP contribution in [0, 0.1) is 0 Å². The SMILES string of the molecule is CCCCCCCC(C(C)(O)CC(OC)OC)S(=O)(=O)c1ccccc1. The minimum Gasteiger partial charge on any atom is -0.389 e. The summed E-state index contributed by atoms with van der Waals surface area (Å²) in [4.78, 5) is 0.241. The number of aliphatic hydroxyl groups is 1.